The van der Waals surface area contributed by atoms with Gasteiger partial charge in [-0.15, -0.1) is 5.10 Å². The zero-order chi connectivity index (χ0) is 13.7. The lowest BCUT2D eigenvalue weighted by Crippen LogP contribution is -2.16. The molecule has 0 saturated carbocycles. The third-order valence-corrected chi connectivity index (χ3v) is 3.83. The van der Waals surface area contributed by atoms with Gasteiger partial charge in [0.05, 0.1) is 11.5 Å². The van der Waals surface area contributed by atoms with Crippen molar-refractivity contribution in [2.24, 2.45) is 0 Å². The lowest BCUT2D eigenvalue weighted by Gasteiger charge is -2.10. The fourth-order valence-electron chi connectivity index (χ4n) is 1.59. The predicted molar refractivity (Wildman–Crippen MR) is 70.0 cm³/mol. The first-order valence-corrected chi connectivity index (χ1v) is 6.99. The van der Waals surface area contributed by atoms with E-state index in [2.05, 4.69) is 14.9 Å². The van der Waals surface area contributed by atoms with Gasteiger partial charge in [0.15, 0.2) is 5.82 Å². The van der Waals surface area contributed by atoms with Gasteiger partial charge in [-0.25, -0.2) is 8.42 Å². The number of ether oxygens (including phenoxy) is 1. The van der Waals surface area contributed by atoms with E-state index in [0.29, 0.717) is 5.56 Å². The molecule has 0 spiro atoms. The van der Waals surface area contributed by atoms with E-state index in [9.17, 15) is 8.42 Å². The largest absolute Gasteiger partial charge is 0.380 e. The number of methoxy groups -OCH3 is 1. The molecule has 0 aliphatic rings. The average Bonchev–Trinajstić information content (AvgIpc) is 2.40. The summed E-state index contributed by atoms with van der Waals surface area (Å²) in [5.41, 5.74) is 0.585. The van der Waals surface area contributed by atoms with Crippen LogP contribution in [0, 0.1) is 0 Å². The van der Waals surface area contributed by atoms with Gasteiger partial charge in [-0.3, -0.25) is 4.72 Å². The number of rotatable bonds is 5. The fourth-order valence-corrected chi connectivity index (χ4v) is 2.81. The first-order chi connectivity index (χ1) is 9.13. The predicted octanol–water partition coefficient (Wildman–Crippen LogP) is 1.42. The summed E-state index contributed by atoms with van der Waals surface area (Å²) < 4.78 is 31.9. The SMILES string of the molecule is COCc1ccccc1S(=O)(=O)Nc1cccnn1. The Morgan fingerprint density at radius 1 is 1.21 bits per heavy atom. The molecule has 19 heavy (non-hydrogen) atoms. The second-order valence-electron chi connectivity index (χ2n) is 3.76. The van der Waals surface area contributed by atoms with E-state index >= 15 is 0 Å². The van der Waals surface area contributed by atoms with Crippen molar-refractivity contribution in [1.82, 2.24) is 10.2 Å². The van der Waals surface area contributed by atoms with Crippen molar-refractivity contribution in [3.8, 4) is 0 Å². The van der Waals surface area contributed by atoms with E-state index in [0.717, 1.165) is 0 Å². The van der Waals surface area contributed by atoms with Gasteiger partial charge in [-0.2, -0.15) is 5.10 Å². The summed E-state index contributed by atoms with van der Waals surface area (Å²) in [6.07, 6.45) is 1.47. The molecule has 2 aromatic rings. The summed E-state index contributed by atoms with van der Waals surface area (Å²) >= 11 is 0. The molecule has 0 amide bonds. The van der Waals surface area contributed by atoms with Crippen LogP contribution in [0.2, 0.25) is 0 Å². The van der Waals surface area contributed by atoms with Crippen molar-refractivity contribution in [2.75, 3.05) is 11.8 Å². The highest BCUT2D eigenvalue weighted by atomic mass is 32.2. The zero-order valence-corrected chi connectivity index (χ0v) is 11.1. The Bertz CT molecular complexity index is 644. The second-order valence-corrected chi connectivity index (χ2v) is 5.41. The number of nitrogens with zero attached hydrogens (tertiary/aromatic N) is 2. The van der Waals surface area contributed by atoms with Crippen LogP contribution in [-0.4, -0.2) is 25.7 Å². The number of sulfonamides is 1. The van der Waals surface area contributed by atoms with Crippen LogP contribution in [0.3, 0.4) is 0 Å². The molecule has 0 atom stereocenters. The fraction of sp³-hybridized carbons (Fsp3) is 0.167. The monoisotopic (exact) mass is 279 g/mol. The molecule has 0 aliphatic heterocycles. The van der Waals surface area contributed by atoms with E-state index in [1.807, 2.05) is 0 Å². The van der Waals surface area contributed by atoms with Crippen molar-refractivity contribution < 1.29 is 13.2 Å². The molecule has 100 valence electrons. The van der Waals surface area contributed by atoms with E-state index in [1.165, 1.54) is 25.4 Å². The number of hydrogen-bond donors (Lipinski definition) is 1. The van der Waals surface area contributed by atoms with Crippen molar-refractivity contribution in [3.05, 3.63) is 48.2 Å². The Hall–Kier alpha value is -1.99. The van der Waals surface area contributed by atoms with Gasteiger partial charge >= 0.3 is 0 Å². The summed E-state index contributed by atoms with van der Waals surface area (Å²) in [5, 5.41) is 7.31. The molecule has 0 saturated heterocycles. The summed E-state index contributed by atoms with van der Waals surface area (Å²) in [4.78, 5) is 0.169. The molecule has 0 aliphatic carbocycles. The Kier molecular flexibility index (Phi) is 4.08. The molecule has 0 radical (unpaired) electrons. The highest BCUT2D eigenvalue weighted by Gasteiger charge is 2.18. The molecule has 1 aromatic heterocycles. The Morgan fingerprint density at radius 3 is 2.68 bits per heavy atom. The third-order valence-electron chi connectivity index (χ3n) is 2.37. The minimum Gasteiger partial charge on any atom is -0.380 e. The van der Waals surface area contributed by atoms with Crippen molar-refractivity contribution >= 4 is 15.8 Å². The summed E-state index contributed by atoms with van der Waals surface area (Å²) in [7, 11) is -2.19. The summed E-state index contributed by atoms with van der Waals surface area (Å²) in [5.74, 6) is 0.176. The number of anilines is 1. The highest BCUT2D eigenvalue weighted by Crippen LogP contribution is 2.18. The molecule has 2 rings (SSSR count). The number of benzene rings is 1. The Morgan fingerprint density at radius 2 is 2.00 bits per heavy atom. The topological polar surface area (TPSA) is 81.2 Å². The first kappa shape index (κ1) is 13.4. The van der Waals surface area contributed by atoms with Crippen LogP contribution < -0.4 is 4.72 Å². The van der Waals surface area contributed by atoms with Crippen molar-refractivity contribution in [2.45, 2.75) is 11.5 Å². The maximum absolute atomic E-state index is 12.3. The quantitative estimate of drug-likeness (QED) is 0.895. The van der Waals surface area contributed by atoms with Gasteiger partial charge in [0.1, 0.15) is 0 Å². The van der Waals surface area contributed by atoms with Crippen LogP contribution in [0.25, 0.3) is 0 Å². The van der Waals surface area contributed by atoms with Gasteiger partial charge in [0.2, 0.25) is 0 Å². The summed E-state index contributed by atoms with van der Waals surface area (Å²) in [6, 6.07) is 9.78. The van der Waals surface area contributed by atoms with E-state index < -0.39 is 10.0 Å². The van der Waals surface area contributed by atoms with Crippen LogP contribution in [0.1, 0.15) is 5.56 Å². The zero-order valence-electron chi connectivity index (χ0n) is 10.3. The van der Waals surface area contributed by atoms with Crippen LogP contribution in [0.15, 0.2) is 47.5 Å². The Balaban J connectivity index is 2.35. The number of hydrogen-bond acceptors (Lipinski definition) is 5. The number of aromatic nitrogens is 2. The smallest absolute Gasteiger partial charge is 0.263 e. The molecule has 0 unspecified atom stereocenters. The molecule has 6 nitrogen and oxygen atoms in total. The third kappa shape index (κ3) is 3.27. The maximum atomic E-state index is 12.3. The molecule has 1 N–H and O–H groups in total. The van der Waals surface area contributed by atoms with E-state index in [4.69, 9.17) is 4.74 Å². The van der Waals surface area contributed by atoms with Crippen LogP contribution in [-0.2, 0) is 21.4 Å². The summed E-state index contributed by atoms with van der Waals surface area (Å²) in [6.45, 7) is 0.220. The molecule has 7 heteroatoms. The first-order valence-electron chi connectivity index (χ1n) is 5.51. The minimum absolute atomic E-state index is 0.169. The van der Waals surface area contributed by atoms with Crippen LogP contribution in [0.4, 0.5) is 5.82 Å². The highest BCUT2D eigenvalue weighted by molar-refractivity contribution is 7.92. The molecular formula is C12H13N3O3S. The standard InChI is InChI=1S/C12H13N3O3S/c1-18-9-10-5-2-3-6-11(10)19(16,17)15-12-7-4-8-13-14-12/h2-8H,9H2,1H3,(H,14,15). The van der Waals surface area contributed by atoms with Gasteiger partial charge < -0.3 is 4.74 Å². The minimum atomic E-state index is -3.70. The molecule has 0 bridgehead atoms. The number of nitrogens with one attached hydrogen (secondary N) is 1. The van der Waals surface area contributed by atoms with Gasteiger partial charge in [-0.1, -0.05) is 18.2 Å². The second kappa shape index (κ2) is 5.77. The van der Waals surface area contributed by atoms with Crippen LogP contribution >= 0.6 is 0 Å². The van der Waals surface area contributed by atoms with Gasteiger partial charge in [0, 0.05) is 13.3 Å². The lowest BCUT2D eigenvalue weighted by atomic mass is 10.2. The van der Waals surface area contributed by atoms with E-state index in [1.54, 1.807) is 24.3 Å². The van der Waals surface area contributed by atoms with Crippen LogP contribution in [0.5, 0.6) is 0 Å². The van der Waals surface area contributed by atoms with Gasteiger partial charge in [-0.05, 0) is 23.8 Å². The Labute approximate surface area is 111 Å². The molecular weight excluding hydrogens is 266 g/mol. The normalized spacial score (nSPS) is 11.2. The molecule has 1 aromatic carbocycles. The lowest BCUT2D eigenvalue weighted by molar-refractivity contribution is 0.182. The average molecular weight is 279 g/mol. The van der Waals surface area contributed by atoms with E-state index in [-0.39, 0.29) is 17.3 Å². The molecule has 0 fully saturated rings. The molecule has 1 heterocycles. The maximum Gasteiger partial charge on any atom is 0.263 e. The van der Waals surface area contributed by atoms with Crippen molar-refractivity contribution in [1.29, 1.82) is 0 Å². The van der Waals surface area contributed by atoms with Gasteiger partial charge in [0.25, 0.3) is 10.0 Å². The van der Waals surface area contributed by atoms with Crippen molar-refractivity contribution in [3.63, 3.8) is 0 Å².